The minimum absolute atomic E-state index is 0.0360. The first-order valence-corrected chi connectivity index (χ1v) is 8.52. The second kappa shape index (κ2) is 8.30. The Labute approximate surface area is 147 Å². The Hall–Kier alpha value is -1.86. The zero-order chi connectivity index (χ0) is 18.5. The second-order valence-electron chi connectivity index (χ2n) is 7.76. The van der Waals surface area contributed by atoms with Crippen molar-refractivity contribution in [3.05, 3.63) is 29.3 Å². The van der Waals surface area contributed by atoms with Crippen LogP contribution in [0.2, 0.25) is 0 Å². The van der Waals surface area contributed by atoms with Gasteiger partial charge < -0.3 is 4.90 Å². The molecule has 0 aliphatic heterocycles. The lowest BCUT2D eigenvalue weighted by molar-refractivity contribution is -0.120. The number of anilines is 1. The van der Waals surface area contributed by atoms with E-state index in [4.69, 9.17) is 5.26 Å². The molecule has 1 atom stereocenters. The molecule has 1 amide bonds. The Kier molecular flexibility index (Phi) is 6.98. The van der Waals surface area contributed by atoms with Crippen LogP contribution in [-0.4, -0.2) is 37.0 Å². The van der Waals surface area contributed by atoms with Gasteiger partial charge in [-0.1, -0.05) is 26.8 Å². The van der Waals surface area contributed by atoms with E-state index in [1.54, 1.807) is 4.90 Å². The first-order chi connectivity index (χ1) is 11.1. The average molecular weight is 329 g/mol. The van der Waals surface area contributed by atoms with Crippen molar-refractivity contribution in [2.24, 2.45) is 5.41 Å². The van der Waals surface area contributed by atoms with Crippen molar-refractivity contribution in [2.45, 2.75) is 54.0 Å². The first-order valence-electron chi connectivity index (χ1n) is 8.52. The number of hydrogen-bond donors (Lipinski definition) is 0. The van der Waals surface area contributed by atoms with Gasteiger partial charge in [-0.25, -0.2) is 0 Å². The number of aryl methyl sites for hydroxylation is 2. The van der Waals surface area contributed by atoms with E-state index in [1.165, 1.54) is 0 Å². The molecule has 0 saturated carbocycles. The van der Waals surface area contributed by atoms with Gasteiger partial charge in [-0.05, 0) is 56.5 Å². The molecule has 1 aromatic carbocycles. The number of amides is 1. The van der Waals surface area contributed by atoms with Crippen LogP contribution in [0.5, 0.6) is 0 Å². The summed E-state index contributed by atoms with van der Waals surface area (Å²) in [6, 6.07) is 8.53. The predicted octanol–water partition coefficient (Wildman–Crippen LogP) is 3.92. The van der Waals surface area contributed by atoms with Crippen molar-refractivity contribution in [2.75, 3.05) is 25.0 Å². The molecule has 0 aliphatic carbocycles. The zero-order valence-corrected chi connectivity index (χ0v) is 16.2. The summed E-state index contributed by atoms with van der Waals surface area (Å²) >= 11 is 0. The normalized spacial score (nSPS) is 12.8. The fourth-order valence-corrected chi connectivity index (χ4v) is 2.76. The average Bonchev–Trinajstić information content (AvgIpc) is 2.44. The highest BCUT2D eigenvalue weighted by Gasteiger charge is 2.27. The van der Waals surface area contributed by atoms with Gasteiger partial charge in [0, 0.05) is 18.3 Å². The van der Waals surface area contributed by atoms with Gasteiger partial charge in [-0.3, -0.25) is 9.69 Å². The van der Waals surface area contributed by atoms with Gasteiger partial charge in [0.15, 0.2) is 0 Å². The summed E-state index contributed by atoms with van der Waals surface area (Å²) in [5.74, 6) is 0.0360. The Bertz CT molecular complexity index is 590. The predicted molar refractivity (Wildman–Crippen MR) is 100 cm³/mol. The van der Waals surface area contributed by atoms with E-state index in [0.717, 1.165) is 16.8 Å². The summed E-state index contributed by atoms with van der Waals surface area (Å²) in [6.07, 6.45) is 0.331. The smallest absolute Gasteiger partial charge is 0.241 e. The van der Waals surface area contributed by atoms with Gasteiger partial charge >= 0.3 is 0 Å². The Morgan fingerprint density at radius 1 is 1.21 bits per heavy atom. The molecule has 0 fully saturated rings. The highest BCUT2D eigenvalue weighted by atomic mass is 16.2. The number of nitrogens with zero attached hydrogens (tertiary/aromatic N) is 3. The van der Waals surface area contributed by atoms with Crippen LogP contribution in [0.15, 0.2) is 18.2 Å². The van der Waals surface area contributed by atoms with Crippen LogP contribution in [0.3, 0.4) is 0 Å². The molecule has 0 bridgehead atoms. The van der Waals surface area contributed by atoms with E-state index < -0.39 is 0 Å². The van der Waals surface area contributed by atoms with Gasteiger partial charge in [0.2, 0.25) is 5.91 Å². The summed E-state index contributed by atoms with van der Waals surface area (Å²) in [6.45, 7) is 13.5. The van der Waals surface area contributed by atoms with Crippen LogP contribution in [-0.2, 0) is 4.79 Å². The maximum absolute atomic E-state index is 12.9. The van der Waals surface area contributed by atoms with Gasteiger partial charge in [0.05, 0.1) is 19.0 Å². The van der Waals surface area contributed by atoms with Crippen molar-refractivity contribution in [3.8, 4) is 6.07 Å². The standard InChI is InChI=1S/C20H31N3O/c1-15-11-16(2)13-18(12-15)23(10-8-9-21)19(24)14-22(7)17(3)20(4,5)6/h11-13,17H,8,10,14H2,1-7H3/t17-/m0/s1. The van der Waals surface area contributed by atoms with Crippen molar-refractivity contribution < 1.29 is 4.79 Å². The van der Waals surface area contributed by atoms with Crippen LogP contribution in [0.1, 0.15) is 45.2 Å². The molecule has 0 aliphatic rings. The Morgan fingerprint density at radius 3 is 2.21 bits per heavy atom. The SMILES string of the molecule is Cc1cc(C)cc(N(CCC#N)C(=O)CN(C)[C@@H](C)C(C)(C)C)c1. The number of rotatable bonds is 6. The molecule has 0 saturated heterocycles. The lowest BCUT2D eigenvalue weighted by Gasteiger charge is -2.36. The lowest BCUT2D eigenvalue weighted by atomic mass is 9.87. The summed E-state index contributed by atoms with van der Waals surface area (Å²) in [5, 5.41) is 8.93. The molecule has 0 radical (unpaired) electrons. The van der Waals surface area contributed by atoms with Gasteiger partial charge in [-0.2, -0.15) is 5.26 Å². The quantitative estimate of drug-likeness (QED) is 0.795. The summed E-state index contributed by atoms with van der Waals surface area (Å²) in [7, 11) is 1.98. The maximum atomic E-state index is 12.9. The summed E-state index contributed by atoms with van der Waals surface area (Å²) in [4.78, 5) is 16.7. The molecule has 1 rings (SSSR count). The molecular formula is C20H31N3O. The van der Waals surface area contributed by atoms with E-state index in [-0.39, 0.29) is 17.4 Å². The van der Waals surface area contributed by atoms with Crippen LogP contribution >= 0.6 is 0 Å². The first kappa shape index (κ1) is 20.2. The van der Waals surface area contributed by atoms with Crippen molar-refractivity contribution in [1.82, 2.24) is 4.90 Å². The molecule has 1 aromatic rings. The summed E-state index contributed by atoms with van der Waals surface area (Å²) < 4.78 is 0. The third-order valence-corrected chi connectivity index (χ3v) is 4.57. The fraction of sp³-hybridized carbons (Fsp3) is 0.600. The molecule has 24 heavy (non-hydrogen) atoms. The van der Waals surface area contributed by atoms with Crippen LogP contribution in [0.4, 0.5) is 5.69 Å². The van der Waals surface area contributed by atoms with Crippen LogP contribution in [0.25, 0.3) is 0 Å². The van der Waals surface area contributed by atoms with Crippen LogP contribution < -0.4 is 4.90 Å². The topological polar surface area (TPSA) is 47.3 Å². The number of carbonyl (C=O) groups excluding carboxylic acids is 1. The number of benzene rings is 1. The van der Waals surface area contributed by atoms with Crippen molar-refractivity contribution in [1.29, 1.82) is 5.26 Å². The summed E-state index contributed by atoms with van der Waals surface area (Å²) in [5.41, 5.74) is 3.23. The number of likely N-dealkylation sites (N-methyl/N-ethyl adjacent to an activating group) is 1. The lowest BCUT2D eigenvalue weighted by Crippen LogP contribution is -2.46. The minimum Gasteiger partial charge on any atom is -0.310 e. The third kappa shape index (κ3) is 5.65. The monoisotopic (exact) mass is 329 g/mol. The molecule has 4 nitrogen and oxygen atoms in total. The van der Waals surface area contributed by atoms with Crippen molar-refractivity contribution in [3.63, 3.8) is 0 Å². The fourth-order valence-electron chi connectivity index (χ4n) is 2.76. The zero-order valence-electron chi connectivity index (χ0n) is 16.2. The highest BCUT2D eigenvalue weighted by Crippen LogP contribution is 2.24. The highest BCUT2D eigenvalue weighted by molar-refractivity contribution is 5.95. The third-order valence-electron chi connectivity index (χ3n) is 4.57. The molecule has 0 heterocycles. The Balaban J connectivity index is 2.99. The van der Waals surface area contributed by atoms with Gasteiger partial charge in [0.25, 0.3) is 0 Å². The largest absolute Gasteiger partial charge is 0.310 e. The number of nitriles is 1. The van der Waals surface area contributed by atoms with Gasteiger partial charge in [0.1, 0.15) is 0 Å². The van der Waals surface area contributed by atoms with Gasteiger partial charge in [-0.15, -0.1) is 0 Å². The van der Waals surface area contributed by atoms with Crippen molar-refractivity contribution >= 4 is 11.6 Å². The second-order valence-corrected chi connectivity index (χ2v) is 7.76. The van der Waals surface area contributed by atoms with E-state index in [1.807, 2.05) is 33.0 Å². The molecule has 4 heteroatoms. The van der Waals surface area contributed by atoms with Crippen LogP contribution in [0, 0.1) is 30.6 Å². The molecule has 0 N–H and O–H groups in total. The Morgan fingerprint density at radius 2 is 1.75 bits per heavy atom. The molecule has 0 aromatic heterocycles. The molecular weight excluding hydrogens is 298 g/mol. The molecule has 132 valence electrons. The maximum Gasteiger partial charge on any atom is 0.241 e. The minimum atomic E-state index is 0.0360. The molecule has 0 unspecified atom stereocenters. The van der Waals surface area contributed by atoms with E-state index in [9.17, 15) is 4.79 Å². The van der Waals surface area contributed by atoms with E-state index >= 15 is 0 Å². The number of carbonyl (C=O) groups is 1. The van der Waals surface area contributed by atoms with E-state index in [0.29, 0.717) is 19.5 Å². The number of hydrogen-bond acceptors (Lipinski definition) is 3. The van der Waals surface area contributed by atoms with E-state index in [2.05, 4.69) is 44.7 Å². The molecule has 0 spiro atoms.